The molecule has 2 aromatic heterocycles. The van der Waals surface area contributed by atoms with Gasteiger partial charge in [-0.3, -0.25) is 4.40 Å². The van der Waals surface area contributed by atoms with E-state index in [0.717, 1.165) is 28.5 Å². The lowest BCUT2D eigenvalue weighted by Crippen LogP contribution is -1.88. The molecular formula is C15H17N3S. The summed E-state index contributed by atoms with van der Waals surface area (Å²) in [5.41, 5.74) is 9.41. The molecule has 0 atom stereocenters. The highest BCUT2D eigenvalue weighted by Crippen LogP contribution is 2.25. The summed E-state index contributed by atoms with van der Waals surface area (Å²) in [6.45, 7) is 2.22. The van der Waals surface area contributed by atoms with Gasteiger partial charge in [-0.2, -0.15) is 0 Å². The van der Waals surface area contributed by atoms with Gasteiger partial charge >= 0.3 is 0 Å². The summed E-state index contributed by atoms with van der Waals surface area (Å²) in [5, 5.41) is 1.92. The average molecular weight is 271 g/mol. The van der Waals surface area contributed by atoms with E-state index >= 15 is 0 Å². The molecule has 0 saturated carbocycles. The van der Waals surface area contributed by atoms with E-state index in [2.05, 4.69) is 36.2 Å². The number of aromatic nitrogens is 2. The van der Waals surface area contributed by atoms with Crippen molar-refractivity contribution < 1.29 is 0 Å². The van der Waals surface area contributed by atoms with Crippen LogP contribution in [-0.4, -0.2) is 9.38 Å². The Morgan fingerprint density at radius 3 is 2.74 bits per heavy atom. The average Bonchev–Trinajstić information content (AvgIpc) is 3.00. The molecule has 3 nitrogen and oxygen atoms in total. The third kappa shape index (κ3) is 2.36. The van der Waals surface area contributed by atoms with Crippen LogP contribution in [0.5, 0.6) is 0 Å². The summed E-state index contributed by atoms with van der Waals surface area (Å²) in [6.07, 6.45) is 5.64. The summed E-state index contributed by atoms with van der Waals surface area (Å²) >= 11 is 1.57. The Kier molecular flexibility index (Phi) is 3.25. The molecule has 0 radical (unpaired) electrons. The summed E-state index contributed by atoms with van der Waals surface area (Å²) < 4.78 is 1.94. The van der Waals surface area contributed by atoms with Gasteiger partial charge in [-0.15, -0.1) is 11.3 Å². The number of imidazole rings is 1. The second-order valence-electron chi connectivity index (χ2n) is 4.74. The van der Waals surface area contributed by atoms with Gasteiger partial charge in [0, 0.05) is 17.1 Å². The minimum Gasteiger partial charge on any atom is -0.384 e. The molecule has 3 rings (SSSR count). The van der Waals surface area contributed by atoms with Gasteiger partial charge < -0.3 is 5.73 Å². The maximum Gasteiger partial charge on any atom is 0.195 e. The van der Waals surface area contributed by atoms with E-state index in [1.54, 1.807) is 11.3 Å². The van der Waals surface area contributed by atoms with Crippen LogP contribution >= 0.6 is 11.3 Å². The van der Waals surface area contributed by atoms with E-state index < -0.39 is 0 Å². The molecule has 0 aliphatic carbocycles. The van der Waals surface area contributed by atoms with Crippen LogP contribution in [0.1, 0.15) is 25.3 Å². The Balaban J connectivity index is 1.88. The Morgan fingerprint density at radius 1 is 1.26 bits per heavy atom. The number of aryl methyl sites for hydroxylation is 1. The molecular weight excluding hydrogens is 254 g/mol. The van der Waals surface area contributed by atoms with Gasteiger partial charge in [-0.25, -0.2) is 4.98 Å². The Morgan fingerprint density at radius 2 is 2.05 bits per heavy atom. The Bertz CT molecular complexity index is 679. The van der Waals surface area contributed by atoms with Crippen molar-refractivity contribution in [1.29, 1.82) is 0 Å². The quantitative estimate of drug-likeness (QED) is 0.779. The van der Waals surface area contributed by atoms with E-state index in [1.165, 1.54) is 18.4 Å². The number of nitrogens with zero attached hydrogens (tertiary/aromatic N) is 2. The molecule has 0 unspecified atom stereocenters. The number of anilines is 1. The van der Waals surface area contributed by atoms with Gasteiger partial charge in [-0.1, -0.05) is 37.6 Å². The third-order valence-corrected chi connectivity index (χ3v) is 4.16. The molecule has 0 amide bonds. The lowest BCUT2D eigenvalue weighted by atomic mass is 10.1. The lowest BCUT2D eigenvalue weighted by Gasteiger charge is -2.01. The summed E-state index contributed by atoms with van der Waals surface area (Å²) in [6, 6.07) is 8.69. The second kappa shape index (κ2) is 5.05. The van der Waals surface area contributed by atoms with Crippen LogP contribution in [0.25, 0.3) is 16.2 Å². The fourth-order valence-electron chi connectivity index (χ4n) is 2.16. The number of nitrogen functional groups attached to an aromatic ring is 1. The van der Waals surface area contributed by atoms with Crippen LogP contribution in [0.15, 0.2) is 35.8 Å². The molecule has 4 heteroatoms. The molecule has 0 aliphatic heterocycles. The maximum absolute atomic E-state index is 5.88. The molecule has 0 spiro atoms. The molecule has 19 heavy (non-hydrogen) atoms. The van der Waals surface area contributed by atoms with Gasteiger partial charge in [-0.05, 0) is 18.4 Å². The zero-order chi connectivity index (χ0) is 13.2. The third-order valence-electron chi connectivity index (χ3n) is 3.31. The number of hydrogen-bond donors (Lipinski definition) is 1. The van der Waals surface area contributed by atoms with E-state index in [1.807, 2.05) is 16.0 Å². The number of benzene rings is 1. The number of rotatable bonds is 4. The monoisotopic (exact) mass is 271 g/mol. The maximum atomic E-state index is 5.88. The van der Waals surface area contributed by atoms with Crippen molar-refractivity contribution in [2.24, 2.45) is 0 Å². The zero-order valence-electron chi connectivity index (χ0n) is 11.0. The second-order valence-corrected chi connectivity index (χ2v) is 5.58. The Hall–Kier alpha value is -1.81. The van der Waals surface area contributed by atoms with Crippen molar-refractivity contribution in [3.63, 3.8) is 0 Å². The van der Waals surface area contributed by atoms with Crippen molar-refractivity contribution in [3.05, 3.63) is 41.4 Å². The van der Waals surface area contributed by atoms with E-state index in [0.29, 0.717) is 0 Å². The highest BCUT2D eigenvalue weighted by atomic mass is 32.1. The van der Waals surface area contributed by atoms with Crippen molar-refractivity contribution >= 4 is 22.1 Å². The molecule has 2 N–H and O–H groups in total. The molecule has 0 saturated heterocycles. The van der Waals surface area contributed by atoms with Crippen LogP contribution in [-0.2, 0) is 6.42 Å². The molecule has 3 aromatic rings. The van der Waals surface area contributed by atoms with Gasteiger partial charge in [0.25, 0.3) is 0 Å². The zero-order valence-corrected chi connectivity index (χ0v) is 11.8. The molecule has 0 aliphatic rings. The van der Waals surface area contributed by atoms with Gasteiger partial charge in [0.15, 0.2) is 4.96 Å². The Labute approximate surface area is 116 Å². The SMILES string of the molecule is CCCCc1ccc(-c2cn3c(N)csc3n2)cc1. The van der Waals surface area contributed by atoms with Crippen molar-refractivity contribution in [2.75, 3.05) is 5.73 Å². The number of hydrogen-bond acceptors (Lipinski definition) is 3. The minimum atomic E-state index is 0.748. The summed E-state index contributed by atoms with van der Waals surface area (Å²) in [4.78, 5) is 5.54. The first-order valence-corrected chi connectivity index (χ1v) is 7.47. The van der Waals surface area contributed by atoms with Crippen molar-refractivity contribution in [2.45, 2.75) is 26.2 Å². The van der Waals surface area contributed by atoms with Crippen LogP contribution in [0.2, 0.25) is 0 Å². The summed E-state index contributed by atoms with van der Waals surface area (Å²) in [7, 11) is 0. The van der Waals surface area contributed by atoms with Crippen LogP contribution in [0.3, 0.4) is 0 Å². The highest BCUT2D eigenvalue weighted by Gasteiger charge is 2.07. The molecule has 0 bridgehead atoms. The van der Waals surface area contributed by atoms with Crippen molar-refractivity contribution in [1.82, 2.24) is 9.38 Å². The topological polar surface area (TPSA) is 43.3 Å². The molecule has 98 valence electrons. The van der Waals surface area contributed by atoms with Gasteiger partial charge in [0.2, 0.25) is 0 Å². The predicted molar refractivity (Wildman–Crippen MR) is 81.5 cm³/mol. The fraction of sp³-hybridized carbons (Fsp3) is 0.267. The number of nitrogens with two attached hydrogens (primary N) is 1. The minimum absolute atomic E-state index is 0.748. The standard InChI is InChI=1S/C15H17N3S/c1-2-3-4-11-5-7-12(8-6-11)13-9-18-14(16)10-19-15(18)17-13/h5-10H,2-4,16H2,1H3. The van der Waals surface area contributed by atoms with Crippen LogP contribution in [0.4, 0.5) is 5.82 Å². The van der Waals surface area contributed by atoms with Crippen LogP contribution < -0.4 is 5.73 Å². The van der Waals surface area contributed by atoms with E-state index in [-0.39, 0.29) is 0 Å². The van der Waals surface area contributed by atoms with E-state index in [9.17, 15) is 0 Å². The lowest BCUT2D eigenvalue weighted by molar-refractivity contribution is 0.795. The fourth-order valence-corrected chi connectivity index (χ4v) is 2.93. The first-order valence-electron chi connectivity index (χ1n) is 6.59. The van der Waals surface area contributed by atoms with Gasteiger partial charge in [0.05, 0.1) is 5.69 Å². The van der Waals surface area contributed by atoms with Gasteiger partial charge in [0.1, 0.15) is 5.82 Å². The first kappa shape index (κ1) is 12.2. The van der Waals surface area contributed by atoms with E-state index in [4.69, 9.17) is 5.73 Å². The normalized spacial score (nSPS) is 11.2. The highest BCUT2D eigenvalue weighted by molar-refractivity contribution is 7.15. The van der Waals surface area contributed by atoms with Crippen molar-refractivity contribution in [3.8, 4) is 11.3 Å². The van der Waals surface area contributed by atoms with Crippen LogP contribution in [0, 0.1) is 0 Å². The number of fused-ring (bicyclic) bond motifs is 1. The molecule has 2 heterocycles. The molecule has 1 aromatic carbocycles. The first-order chi connectivity index (χ1) is 9.28. The largest absolute Gasteiger partial charge is 0.384 e. The smallest absolute Gasteiger partial charge is 0.195 e. The molecule has 0 fully saturated rings. The summed E-state index contributed by atoms with van der Waals surface area (Å²) in [5.74, 6) is 0.748. The number of thiazole rings is 1. The predicted octanol–water partition coefficient (Wildman–Crippen LogP) is 3.99. The number of unbranched alkanes of at least 4 members (excludes halogenated alkanes) is 1.